The second kappa shape index (κ2) is 8.02. The molecule has 0 radical (unpaired) electrons. The Morgan fingerprint density at radius 1 is 1.04 bits per heavy atom. The molecule has 148 valence electrons. The molecule has 0 spiro atoms. The Hall–Kier alpha value is -2.87. The lowest BCUT2D eigenvalue weighted by atomic mass is 9.96. The number of carboxylic acid groups (broad SMARTS) is 1. The third-order valence-electron chi connectivity index (χ3n) is 4.79. The minimum absolute atomic E-state index is 0.306. The number of alkyl halides is 3. The van der Waals surface area contributed by atoms with Crippen molar-refractivity contribution in [2.75, 3.05) is 25.0 Å². The van der Waals surface area contributed by atoms with Crippen LogP contribution >= 0.6 is 0 Å². The van der Waals surface area contributed by atoms with E-state index in [0.29, 0.717) is 5.69 Å². The van der Waals surface area contributed by atoms with E-state index in [9.17, 15) is 22.8 Å². The average molecular weight is 392 g/mol. The molecule has 2 N–H and O–H groups in total. The van der Waals surface area contributed by atoms with Crippen molar-refractivity contribution in [2.24, 2.45) is 11.8 Å². The second-order valence-corrected chi connectivity index (χ2v) is 6.75. The molecule has 0 aliphatic carbocycles. The van der Waals surface area contributed by atoms with E-state index in [1.54, 1.807) is 12.1 Å². The van der Waals surface area contributed by atoms with Gasteiger partial charge in [0.25, 0.3) is 0 Å². The van der Waals surface area contributed by atoms with Gasteiger partial charge in [-0.25, -0.2) is 0 Å². The summed E-state index contributed by atoms with van der Waals surface area (Å²) < 4.78 is 39.2. The van der Waals surface area contributed by atoms with Crippen molar-refractivity contribution in [3.05, 3.63) is 54.6 Å². The maximum absolute atomic E-state index is 13.1. The van der Waals surface area contributed by atoms with Gasteiger partial charge in [-0.3, -0.25) is 14.5 Å². The van der Waals surface area contributed by atoms with Gasteiger partial charge < -0.3 is 10.4 Å². The summed E-state index contributed by atoms with van der Waals surface area (Å²) >= 11 is 0. The molecule has 1 aliphatic rings. The SMILES string of the molecule is O=C(CN1C[C@@H](C(F)(F)F)[C@H](C(=O)O)C1)Nc1ccccc1-c1ccccc1. The maximum atomic E-state index is 13.1. The Labute approximate surface area is 159 Å². The first-order chi connectivity index (χ1) is 13.3. The fourth-order valence-electron chi connectivity index (χ4n) is 3.45. The standard InChI is InChI=1S/C20H19F3N2O3/c21-20(22,23)16-11-25(10-15(16)19(27)28)12-18(26)24-17-9-5-4-8-14(17)13-6-2-1-3-7-13/h1-9,15-16H,10-12H2,(H,24,26)(H,27,28)/t15-,16-/m1/s1. The zero-order valence-corrected chi connectivity index (χ0v) is 14.8. The van der Waals surface area contributed by atoms with Gasteiger partial charge in [0, 0.05) is 24.3 Å². The van der Waals surface area contributed by atoms with Gasteiger partial charge in [0.15, 0.2) is 0 Å². The highest BCUT2D eigenvalue weighted by atomic mass is 19.4. The van der Waals surface area contributed by atoms with Crippen LogP contribution in [-0.4, -0.2) is 47.7 Å². The number of nitrogens with one attached hydrogen (secondary N) is 1. The number of carbonyl (C=O) groups excluding carboxylic acids is 1. The molecule has 1 fully saturated rings. The molecule has 8 heteroatoms. The Morgan fingerprint density at radius 3 is 2.29 bits per heavy atom. The van der Waals surface area contributed by atoms with Gasteiger partial charge in [0.2, 0.25) is 5.91 Å². The minimum Gasteiger partial charge on any atom is -0.481 e. The van der Waals surface area contributed by atoms with Crippen LogP contribution in [0, 0.1) is 11.8 Å². The summed E-state index contributed by atoms with van der Waals surface area (Å²) in [6.07, 6.45) is -4.62. The van der Waals surface area contributed by atoms with Crippen molar-refractivity contribution >= 4 is 17.6 Å². The molecule has 1 aliphatic heterocycles. The number of halogens is 3. The highest BCUT2D eigenvalue weighted by Gasteiger charge is 2.52. The van der Waals surface area contributed by atoms with E-state index in [4.69, 9.17) is 5.11 Å². The monoisotopic (exact) mass is 392 g/mol. The zero-order valence-electron chi connectivity index (χ0n) is 14.8. The van der Waals surface area contributed by atoms with Crippen molar-refractivity contribution in [3.8, 4) is 11.1 Å². The predicted molar refractivity (Wildman–Crippen MR) is 97.6 cm³/mol. The summed E-state index contributed by atoms with van der Waals surface area (Å²) in [5.74, 6) is -5.53. The number of likely N-dealkylation sites (tertiary alicyclic amines) is 1. The van der Waals surface area contributed by atoms with Crippen LogP contribution in [-0.2, 0) is 9.59 Å². The van der Waals surface area contributed by atoms with Crippen LogP contribution < -0.4 is 5.32 Å². The fraction of sp³-hybridized carbons (Fsp3) is 0.300. The highest BCUT2D eigenvalue weighted by Crippen LogP contribution is 2.37. The van der Waals surface area contributed by atoms with Crippen molar-refractivity contribution < 1.29 is 27.9 Å². The molecule has 0 bridgehead atoms. The summed E-state index contributed by atoms with van der Waals surface area (Å²) in [6, 6.07) is 16.5. The van der Waals surface area contributed by atoms with Crippen LogP contribution in [0.25, 0.3) is 11.1 Å². The third kappa shape index (κ3) is 4.51. The van der Waals surface area contributed by atoms with Crippen LogP contribution in [0.5, 0.6) is 0 Å². The Bertz CT molecular complexity index is 855. The maximum Gasteiger partial charge on any atom is 0.393 e. The summed E-state index contributed by atoms with van der Waals surface area (Å²) in [4.78, 5) is 24.8. The van der Waals surface area contributed by atoms with E-state index in [2.05, 4.69) is 5.32 Å². The van der Waals surface area contributed by atoms with Gasteiger partial charge >= 0.3 is 12.1 Å². The molecule has 0 saturated carbocycles. The third-order valence-corrected chi connectivity index (χ3v) is 4.79. The Balaban J connectivity index is 1.70. The summed E-state index contributed by atoms with van der Waals surface area (Å²) in [5, 5.41) is 11.8. The van der Waals surface area contributed by atoms with Gasteiger partial charge in [-0.15, -0.1) is 0 Å². The molecule has 1 heterocycles. The van der Waals surface area contributed by atoms with Gasteiger partial charge in [0.1, 0.15) is 0 Å². The number of para-hydroxylation sites is 1. The normalized spacial score (nSPS) is 20.1. The molecule has 2 aromatic carbocycles. The largest absolute Gasteiger partial charge is 0.481 e. The first-order valence-corrected chi connectivity index (χ1v) is 8.72. The van der Waals surface area contributed by atoms with E-state index in [-0.39, 0.29) is 13.1 Å². The quantitative estimate of drug-likeness (QED) is 0.817. The van der Waals surface area contributed by atoms with Crippen LogP contribution in [0.2, 0.25) is 0 Å². The number of hydrogen-bond donors (Lipinski definition) is 2. The summed E-state index contributed by atoms with van der Waals surface area (Å²) in [7, 11) is 0. The number of benzene rings is 2. The number of carboxylic acids is 1. The molecular weight excluding hydrogens is 373 g/mol. The van der Waals surface area contributed by atoms with Crippen LogP contribution in [0.3, 0.4) is 0 Å². The molecule has 0 unspecified atom stereocenters. The number of anilines is 1. The first kappa shape index (κ1) is 19.9. The topological polar surface area (TPSA) is 69.6 Å². The van der Waals surface area contributed by atoms with E-state index < -0.39 is 36.4 Å². The highest BCUT2D eigenvalue weighted by molar-refractivity contribution is 5.96. The van der Waals surface area contributed by atoms with E-state index in [1.807, 2.05) is 42.5 Å². The lowest BCUT2D eigenvalue weighted by Gasteiger charge is -2.18. The second-order valence-electron chi connectivity index (χ2n) is 6.75. The van der Waals surface area contributed by atoms with Crippen LogP contribution in [0.1, 0.15) is 0 Å². The molecular formula is C20H19F3N2O3. The van der Waals surface area contributed by atoms with E-state index in [1.165, 1.54) is 4.90 Å². The average Bonchev–Trinajstić information content (AvgIpc) is 3.07. The molecule has 5 nitrogen and oxygen atoms in total. The van der Waals surface area contributed by atoms with Crippen LogP contribution in [0.15, 0.2) is 54.6 Å². The van der Waals surface area contributed by atoms with Gasteiger partial charge in [0.05, 0.1) is 18.4 Å². The first-order valence-electron chi connectivity index (χ1n) is 8.72. The number of amides is 1. The van der Waals surface area contributed by atoms with Crippen molar-refractivity contribution in [1.82, 2.24) is 4.90 Å². The van der Waals surface area contributed by atoms with Crippen molar-refractivity contribution in [3.63, 3.8) is 0 Å². The molecule has 3 rings (SSSR count). The Morgan fingerprint density at radius 2 is 1.68 bits per heavy atom. The zero-order chi connectivity index (χ0) is 20.3. The number of rotatable bonds is 5. The lowest BCUT2D eigenvalue weighted by molar-refractivity contribution is -0.188. The fourth-order valence-corrected chi connectivity index (χ4v) is 3.45. The predicted octanol–water partition coefficient (Wildman–Crippen LogP) is 3.49. The molecule has 0 aromatic heterocycles. The Kier molecular flexibility index (Phi) is 5.69. The lowest BCUT2D eigenvalue weighted by Crippen LogP contribution is -2.34. The smallest absolute Gasteiger partial charge is 0.393 e. The van der Waals surface area contributed by atoms with Gasteiger partial charge in [-0.2, -0.15) is 13.2 Å². The van der Waals surface area contributed by atoms with E-state index in [0.717, 1.165) is 11.1 Å². The van der Waals surface area contributed by atoms with Crippen molar-refractivity contribution in [2.45, 2.75) is 6.18 Å². The van der Waals surface area contributed by atoms with Crippen LogP contribution in [0.4, 0.5) is 18.9 Å². The summed E-state index contributed by atoms with van der Waals surface area (Å²) in [6.45, 7) is -1.12. The number of carbonyl (C=O) groups is 2. The molecule has 1 saturated heterocycles. The number of aliphatic carboxylic acids is 1. The molecule has 2 atom stereocenters. The number of nitrogens with zero attached hydrogens (tertiary/aromatic N) is 1. The summed E-state index contributed by atoms with van der Waals surface area (Å²) in [5.41, 5.74) is 2.22. The number of hydrogen-bond acceptors (Lipinski definition) is 3. The van der Waals surface area contributed by atoms with Gasteiger partial charge in [-0.05, 0) is 11.6 Å². The molecule has 2 aromatic rings. The molecule has 28 heavy (non-hydrogen) atoms. The van der Waals surface area contributed by atoms with Gasteiger partial charge in [-0.1, -0.05) is 48.5 Å². The minimum atomic E-state index is -4.62. The van der Waals surface area contributed by atoms with E-state index >= 15 is 0 Å². The van der Waals surface area contributed by atoms with Crippen molar-refractivity contribution in [1.29, 1.82) is 0 Å². The molecule has 1 amide bonds.